The van der Waals surface area contributed by atoms with Crippen LogP contribution in [0.1, 0.15) is 32.4 Å². The maximum absolute atomic E-state index is 12.6. The zero-order valence-electron chi connectivity index (χ0n) is 15.3. The molecule has 0 aromatic carbocycles. The van der Waals surface area contributed by atoms with Gasteiger partial charge in [-0.1, -0.05) is 6.92 Å². The number of carbonyl (C=O) groups is 2. The number of carbonyl (C=O) groups excluding carboxylic acids is 2. The zero-order valence-corrected chi connectivity index (χ0v) is 17.0. The highest BCUT2D eigenvalue weighted by Gasteiger charge is 2.36. The fourth-order valence-electron chi connectivity index (χ4n) is 3.28. The number of esters is 1. The van der Waals surface area contributed by atoms with Crippen LogP contribution in [0.4, 0.5) is 0 Å². The zero-order chi connectivity index (χ0) is 19.6. The van der Waals surface area contributed by atoms with E-state index in [9.17, 15) is 18.0 Å². The molecule has 3 heterocycles. The topological polar surface area (TPSA) is 98.0 Å². The third-order valence-electron chi connectivity index (χ3n) is 4.78. The predicted molar refractivity (Wildman–Crippen MR) is 101 cm³/mol. The summed E-state index contributed by atoms with van der Waals surface area (Å²) in [6.45, 7) is 3.43. The molecule has 2 aromatic heterocycles. The molecule has 0 aliphatic carbocycles. The Morgan fingerprint density at radius 2 is 2.26 bits per heavy atom. The van der Waals surface area contributed by atoms with E-state index in [0.29, 0.717) is 18.5 Å². The van der Waals surface area contributed by atoms with Crippen LogP contribution in [-0.2, 0) is 30.6 Å². The third-order valence-corrected chi connectivity index (χ3v) is 7.30. The summed E-state index contributed by atoms with van der Waals surface area (Å²) < 4.78 is 30.5. The highest BCUT2D eigenvalue weighted by atomic mass is 32.2. The largest absolute Gasteiger partial charge is 0.455 e. The van der Waals surface area contributed by atoms with Crippen LogP contribution in [0.25, 0.3) is 4.96 Å². The molecular formula is C17H23N3O5S2. The Balaban J connectivity index is 1.58. The van der Waals surface area contributed by atoms with Gasteiger partial charge in [0.15, 0.2) is 21.4 Å². The van der Waals surface area contributed by atoms with E-state index in [-0.39, 0.29) is 42.5 Å². The van der Waals surface area contributed by atoms with Gasteiger partial charge in [0.05, 0.1) is 23.6 Å². The van der Waals surface area contributed by atoms with Crippen LogP contribution >= 0.6 is 11.3 Å². The molecule has 1 aliphatic rings. The Labute approximate surface area is 162 Å². The molecule has 0 saturated carbocycles. The molecule has 1 saturated heterocycles. The van der Waals surface area contributed by atoms with E-state index in [1.807, 2.05) is 29.8 Å². The molecule has 8 nitrogen and oxygen atoms in total. The van der Waals surface area contributed by atoms with Crippen molar-refractivity contribution >= 4 is 38.0 Å². The predicted octanol–water partition coefficient (Wildman–Crippen LogP) is 1.30. The van der Waals surface area contributed by atoms with Gasteiger partial charge in [-0.05, 0) is 19.8 Å². The number of ether oxygens (including phenoxy) is 1. The molecule has 148 valence electrons. The summed E-state index contributed by atoms with van der Waals surface area (Å²) >= 11 is 1.47. The number of hydrogen-bond donors (Lipinski definition) is 0. The van der Waals surface area contributed by atoms with Gasteiger partial charge < -0.3 is 9.64 Å². The number of aromatic nitrogens is 2. The van der Waals surface area contributed by atoms with Gasteiger partial charge >= 0.3 is 5.97 Å². The van der Waals surface area contributed by atoms with Gasteiger partial charge in [-0.3, -0.25) is 14.0 Å². The lowest BCUT2D eigenvalue weighted by Crippen LogP contribution is -2.48. The second-order valence-electron chi connectivity index (χ2n) is 6.78. The summed E-state index contributed by atoms with van der Waals surface area (Å²) in [4.78, 5) is 31.4. The van der Waals surface area contributed by atoms with Crippen molar-refractivity contribution in [1.29, 1.82) is 0 Å². The molecule has 3 rings (SSSR count). The minimum absolute atomic E-state index is 0.0111. The van der Waals surface area contributed by atoms with Crippen LogP contribution in [0.3, 0.4) is 0 Å². The Morgan fingerprint density at radius 3 is 2.89 bits per heavy atom. The second kappa shape index (κ2) is 7.97. The lowest BCUT2D eigenvalue weighted by atomic mass is 10.1. The fourth-order valence-corrected chi connectivity index (χ4v) is 5.71. The standard InChI is InChI=1S/C17H23N3O5S2/c1-3-12(2)20(14-4-7-27(23,24)11-14)15(21)10-25-16(22)8-13-9-19-5-6-26-17(19)18-13/h5-6,9,12,14H,3-4,7-8,10-11H2,1-2H3/t12-,14-/m0/s1. The summed E-state index contributed by atoms with van der Waals surface area (Å²) in [6.07, 6.45) is 4.72. The smallest absolute Gasteiger partial charge is 0.312 e. The average Bonchev–Trinajstić information content (AvgIpc) is 3.27. The van der Waals surface area contributed by atoms with Crippen LogP contribution in [0.15, 0.2) is 17.8 Å². The van der Waals surface area contributed by atoms with Crippen molar-refractivity contribution in [3.63, 3.8) is 0 Å². The van der Waals surface area contributed by atoms with Crippen molar-refractivity contribution in [3.05, 3.63) is 23.5 Å². The fraction of sp³-hybridized carbons (Fsp3) is 0.588. The Hall–Kier alpha value is -1.94. The first-order valence-corrected chi connectivity index (χ1v) is 11.6. The van der Waals surface area contributed by atoms with E-state index in [1.165, 1.54) is 11.3 Å². The number of imidazole rings is 1. The Morgan fingerprint density at radius 1 is 1.48 bits per heavy atom. The van der Waals surface area contributed by atoms with Crippen molar-refractivity contribution in [1.82, 2.24) is 14.3 Å². The third kappa shape index (κ3) is 4.67. The minimum atomic E-state index is -3.11. The molecule has 0 N–H and O–H groups in total. The van der Waals surface area contributed by atoms with E-state index in [2.05, 4.69) is 4.98 Å². The first-order valence-electron chi connectivity index (χ1n) is 8.87. The molecule has 10 heteroatoms. The molecule has 1 amide bonds. The van der Waals surface area contributed by atoms with Crippen molar-refractivity contribution in [2.24, 2.45) is 0 Å². The molecular weight excluding hydrogens is 390 g/mol. The van der Waals surface area contributed by atoms with Gasteiger partial charge in [0.2, 0.25) is 0 Å². The lowest BCUT2D eigenvalue weighted by molar-refractivity contribution is -0.153. The highest BCUT2D eigenvalue weighted by Crippen LogP contribution is 2.21. The van der Waals surface area contributed by atoms with Crippen molar-refractivity contribution in [2.45, 2.75) is 45.2 Å². The number of hydrogen-bond acceptors (Lipinski definition) is 7. The number of rotatable bonds is 7. The second-order valence-corrected chi connectivity index (χ2v) is 9.88. The van der Waals surface area contributed by atoms with Crippen LogP contribution in [0.5, 0.6) is 0 Å². The average molecular weight is 414 g/mol. The SMILES string of the molecule is CC[C@H](C)N(C(=O)COC(=O)Cc1cn2ccsc2n1)[C@H]1CCS(=O)(=O)C1. The monoisotopic (exact) mass is 413 g/mol. The van der Waals surface area contributed by atoms with Crippen molar-refractivity contribution < 1.29 is 22.7 Å². The van der Waals surface area contributed by atoms with Crippen molar-refractivity contribution in [2.75, 3.05) is 18.1 Å². The van der Waals surface area contributed by atoms with Crippen LogP contribution < -0.4 is 0 Å². The van der Waals surface area contributed by atoms with Crippen molar-refractivity contribution in [3.8, 4) is 0 Å². The van der Waals surface area contributed by atoms with Gasteiger partial charge in [0, 0.05) is 29.9 Å². The summed E-state index contributed by atoms with van der Waals surface area (Å²) in [5.41, 5.74) is 0.583. The van der Waals surface area contributed by atoms with E-state index in [4.69, 9.17) is 4.74 Å². The molecule has 0 unspecified atom stereocenters. The van der Waals surface area contributed by atoms with Gasteiger partial charge in [-0.2, -0.15) is 0 Å². The number of sulfone groups is 1. The lowest BCUT2D eigenvalue weighted by Gasteiger charge is -2.33. The van der Waals surface area contributed by atoms with Gasteiger partial charge in [0.1, 0.15) is 0 Å². The quantitative estimate of drug-likeness (QED) is 0.635. The molecule has 2 aromatic rings. The Kier molecular flexibility index (Phi) is 5.85. The number of amides is 1. The first-order chi connectivity index (χ1) is 12.8. The first kappa shape index (κ1) is 19.8. The maximum atomic E-state index is 12.6. The van der Waals surface area contributed by atoms with E-state index in [1.54, 1.807) is 11.1 Å². The Bertz CT molecular complexity index is 905. The van der Waals surface area contributed by atoms with E-state index in [0.717, 1.165) is 4.96 Å². The molecule has 0 spiro atoms. The molecule has 1 fully saturated rings. The number of thiazole rings is 1. The van der Waals surface area contributed by atoms with E-state index >= 15 is 0 Å². The molecule has 1 aliphatic heterocycles. The molecule has 2 atom stereocenters. The van der Waals surface area contributed by atoms with Gasteiger partial charge in [0.25, 0.3) is 5.91 Å². The van der Waals surface area contributed by atoms with Gasteiger partial charge in [-0.25, -0.2) is 13.4 Å². The molecule has 0 radical (unpaired) electrons. The van der Waals surface area contributed by atoms with Crippen LogP contribution in [0, 0.1) is 0 Å². The molecule has 27 heavy (non-hydrogen) atoms. The van der Waals surface area contributed by atoms with E-state index < -0.39 is 15.8 Å². The number of nitrogens with zero attached hydrogens (tertiary/aromatic N) is 3. The summed E-state index contributed by atoms with van der Waals surface area (Å²) in [6, 6.07) is -0.467. The van der Waals surface area contributed by atoms with Crippen LogP contribution in [0.2, 0.25) is 0 Å². The summed E-state index contributed by atoms with van der Waals surface area (Å²) in [5.74, 6) is -0.819. The van der Waals surface area contributed by atoms with Crippen LogP contribution in [-0.4, -0.2) is 64.8 Å². The number of fused-ring (bicyclic) bond motifs is 1. The highest BCUT2D eigenvalue weighted by molar-refractivity contribution is 7.91. The maximum Gasteiger partial charge on any atom is 0.312 e. The summed E-state index contributed by atoms with van der Waals surface area (Å²) in [5, 5.41) is 1.90. The normalized spacial score (nSPS) is 19.9. The summed E-state index contributed by atoms with van der Waals surface area (Å²) in [7, 11) is -3.11. The van der Waals surface area contributed by atoms with Gasteiger partial charge in [-0.15, -0.1) is 11.3 Å². The minimum Gasteiger partial charge on any atom is -0.455 e. The molecule has 0 bridgehead atoms.